The number of carbonyl (C=O) groups is 1. The summed E-state index contributed by atoms with van der Waals surface area (Å²) in [6.07, 6.45) is 2.73. The van der Waals surface area contributed by atoms with Crippen LogP contribution in [0.4, 0.5) is 0 Å². The van der Waals surface area contributed by atoms with Crippen molar-refractivity contribution in [1.82, 2.24) is 15.0 Å². The monoisotopic (exact) mass is 435 g/mol. The largest absolute Gasteiger partial charge is 0.339 e. The summed E-state index contributed by atoms with van der Waals surface area (Å²) in [6.45, 7) is 11.1. The fourth-order valence-corrected chi connectivity index (χ4v) is 3.57. The molecule has 6 heteroatoms. The number of aromatic nitrogens is 2. The average molecular weight is 436 g/mol. The van der Waals surface area contributed by atoms with Gasteiger partial charge in [-0.05, 0) is 31.4 Å². The predicted molar refractivity (Wildman–Crippen MR) is 110 cm³/mol. The molecule has 2 rings (SSSR count). The Labute approximate surface area is 170 Å². The molecule has 1 aromatic carbocycles. The highest BCUT2D eigenvalue weighted by atomic mass is 79.9. The van der Waals surface area contributed by atoms with Crippen LogP contribution in [0.1, 0.15) is 77.2 Å². The molecule has 27 heavy (non-hydrogen) atoms. The third kappa shape index (κ3) is 5.89. The van der Waals surface area contributed by atoms with Gasteiger partial charge in [-0.3, -0.25) is 4.79 Å². The van der Waals surface area contributed by atoms with Crippen molar-refractivity contribution in [3.63, 3.8) is 0 Å². The van der Waals surface area contributed by atoms with Gasteiger partial charge in [0.15, 0.2) is 5.82 Å². The van der Waals surface area contributed by atoms with Gasteiger partial charge in [0.1, 0.15) is 0 Å². The van der Waals surface area contributed by atoms with E-state index in [1.54, 1.807) is 0 Å². The predicted octanol–water partition coefficient (Wildman–Crippen LogP) is 5.45. The number of amides is 1. The van der Waals surface area contributed by atoms with Crippen molar-refractivity contribution >= 4 is 21.8 Å². The maximum absolute atomic E-state index is 12.9. The molecule has 0 spiro atoms. The number of aryl methyl sites for hydroxylation is 1. The van der Waals surface area contributed by atoms with E-state index in [9.17, 15) is 4.79 Å². The van der Waals surface area contributed by atoms with E-state index in [2.05, 4.69) is 66.8 Å². The molecule has 1 unspecified atom stereocenters. The van der Waals surface area contributed by atoms with E-state index in [0.717, 1.165) is 23.0 Å². The van der Waals surface area contributed by atoms with Crippen molar-refractivity contribution in [3.8, 4) is 0 Å². The molecule has 0 saturated carbocycles. The minimum absolute atomic E-state index is 0.0314. The molecule has 1 atom stereocenters. The third-order valence-electron chi connectivity index (χ3n) is 4.53. The van der Waals surface area contributed by atoms with Gasteiger partial charge in [-0.2, -0.15) is 4.98 Å². The van der Waals surface area contributed by atoms with Crippen molar-refractivity contribution in [2.75, 3.05) is 6.54 Å². The Morgan fingerprint density at radius 2 is 2.00 bits per heavy atom. The van der Waals surface area contributed by atoms with Crippen molar-refractivity contribution < 1.29 is 9.32 Å². The van der Waals surface area contributed by atoms with Crippen LogP contribution in [0.2, 0.25) is 0 Å². The SMILES string of the molecule is CCCN(C(=O)CCCc1nc(C(C)(C)C)no1)C(C)c1ccccc1Br. The smallest absolute Gasteiger partial charge is 0.226 e. The first-order chi connectivity index (χ1) is 12.7. The lowest BCUT2D eigenvalue weighted by Crippen LogP contribution is -2.34. The maximum Gasteiger partial charge on any atom is 0.226 e. The van der Waals surface area contributed by atoms with Gasteiger partial charge < -0.3 is 9.42 Å². The highest BCUT2D eigenvalue weighted by Crippen LogP contribution is 2.28. The Morgan fingerprint density at radius 3 is 2.59 bits per heavy atom. The summed E-state index contributed by atoms with van der Waals surface area (Å²) < 4.78 is 6.36. The van der Waals surface area contributed by atoms with Gasteiger partial charge in [-0.25, -0.2) is 0 Å². The number of carbonyl (C=O) groups excluding carboxylic acids is 1. The molecule has 2 aromatic rings. The molecule has 0 bridgehead atoms. The lowest BCUT2D eigenvalue weighted by molar-refractivity contribution is -0.133. The highest BCUT2D eigenvalue weighted by molar-refractivity contribution is 9.10. The topological polar surface area (TPSA) is 59.2 Å². The first-order valence-electron chi connectivity index (χ1n) is 9.61. The standard InChI is InChI=1S/C21H30BrN3O2/c1-6-14-25(15(2)16-10-7-8-11-17(16)22)19(26)13-9-12-18-23-20(24-27-18)21(3,4)5/h7-8,10-11,15H,6,9,12-14H2,1-5H3. The molecule has 1 aromatic heterocycles. The Hall–Kier alpha value is -1.69. The van der Waals surface area contributed by atoms with Gasteiger partial charge in [0, 0.05) is 29.3 Å². The van der Waals surface area contributed by atoms with Gasteiger partial charge in [0.2, 0.25) is 11.8 Å². The van der Waals surface area contributed by atoms with Gasteiger partial charge >= 0.3 is 0 Å². The molecule has 1 amide bonds. The molecule has 0 aliphatic rings. The van der Waals surface area contributed by atoms with E-state index in [-0.39, 0.29) is 17.4 Å². The quantitative estimate of drug-likeness (QED) is 0.552. The van der Waals surface area contributed by atoms with Gasteiger partial charge in [-0.1, -0.05) is 67.0 Å². The van der Waals surface area contributed by atoms with Gasteiger partial charge in [0.05, 0.1) is 6.04 Å². The minimum atomic E-state index is -0.131. The Morgan fingerprint density at radius 1 is 1.30 bits per heavy atom. The minimum Gasteiger partial charge on any atom is -0.339 e. The van der Waals surface area contributed by atoms with Crippen LogP contribution in [0.5, 0.6) is 0 Å². The van der Waals surface area contributed by atoms with E-state index in [1.165, 1.54) is 0 Å². The first-order valence-corrected chi connectivity index (χ1v) is 10.4. The van der Waals surface area contributed by atoms with Crippen LogP contribution in [0.25, 0.3) is 0 Å². The van der Waals surface area contributed by atoms with E-state index in [4.69, 9.17) is 4.52 Å². The summed E-state index contributed by atoms with van der Waals surface area (Å²) in [4.78, 5) is 19.3. The molecule has 0 aliphatic heterocycles. The van der Waals surface area contributed by atoms with Crippen LogP contribution >= 0.6 is 15.9 Å². The van der Waals surface area contributed by atoms with Gasteiger partial charge in [0.25, 0.3) is 0 Å². The van der Waals surface area contributed by atoms with Crippen LogP contribution in [0.15, 0.2) is 33.3 Å². The van der Waals surface area contributed by atoms with E-state index >= 15 is 0 Å². The second-order valence-corrected chi connectivity index (χ2v) is 8.75. The maximum atomic E-state index is 12.9. The number of benzene rings is 1. The summed E-state index contributed by atoms with van der Waals surface area (Å²) in [5.41, 5.74) is 1.000. The fourth-order valence-electron chi connectivity index (χ4n) is 2.95. The third-order valence-corrected chi connectivity index (χ3v) is 5.25. The summed E-state index contributed by atoms with van der Waals surface area (Å²) in [5.74, 6) is 1.48. The lowest BCUT2D eigenvalue weighted by Gasteiger charge is -2.30. The molecule has 0 N–H and O–H groups in total. The zero-order valence-corrected chi connectivity index (χ0v) is 18.5. The molecule has 0 saturated heterocycles. The van der Waals surface area contributed by atoms with Crippen molar-refractivity contribution in [3.05, 3.63) is 46.0 Å². The molecule has 0 radical (unpaired) electrons. The van der Waals surface area contributed by atoms with Crippen LogP contribution in [-0.4, -0.2) is 27.5 Å². The zero-order valence-electron chi connectivity index (χ0n) is 17.0. The summed E-state index contributed by atoms with van der Waals surface area (Å²) in [7, 11) is 0. The van der Waals surface area contributed by atoms with E-state index < -0.39 is 0 Å². The number of hydrogen-bond acceptors (Lipinski definition) is 4. The van der Waals surface area contributed by atoms with Crippen LogP contribution in [-0.2, 0) is 16.6 Å². The number of rotatable bonds is 8. The summed E-state index contributed by atoms with van der Waals surface area (Å²) >= 11 is 3.60. The van der Waals surface area contributed by atoms with Crippen molar-refractivity contribution in [1.29, 1.82) is 0 Å². The van der Waals surface area contributed by atoms with Crippen LogP contribution < -0.4 is 0 Å². The van der Waals surface area contributed by atoms with E-state index in [0.29, 0.717) is 31.0 Å². The highest BCUT2D eigenvalue weighted by Gasteiger charge is 2.23. The molecule has 0 aliphatic carbocycles. The molecular weight excluding hydrogens is 406 g/mol. The van der Waals surface area contributed by atoms with Crippen LogP contribution in [0, 0.1) is 0 Å². The van der Waals surface area contributed by atoms with Crippen molar-refractivity contribution in [2.24, 2.45) is 0 Å². The Kier molecular flexibility index (Phi) is 7.59. The molecular formula is C21H30BrN3O2. The van der Waals surface area contributed by atoms with Crippen LogP contribution in [0.3, 0.4) is 0 Å². The number of nitrogens with zero attached hydrogens (tertiary/aromatic N) is 3. The average Bonchev–Trinajstić information content (AvgIpc) is 3.09. The molecule has 5 nitrogen and oxygen atoms in total. The van der Waals surface area contributed by atoms with E-state index in [1.807, 2.05) is 23.1 Å². The molecule has 148 valence electrons. The summed E-state index contributed by atoms with van der Waals surface area (Å²) in [5, 5.41) is 4.04. The number of halogens is 1. The summed E-state index contributed by atoms with van der Waals surface area (Å²) in [6, 6.07) is 8.11. The molecule has 1 heterocycles. The second-order valence-electron chi connectivity index (χ2n) is 7.90. The second kappa shape index (κ2) is 9.49. The van der Waals surface area contributed by atoms with Crippen molar-refractivity contribution in [2.45, 2.75) is 71.8 Å². The zero-order chi connectivity index (χ0) is 20.0. The normalized spacial score (nSPS) is 12.8. The van der Waals surface area contributed by atoms with Gasteiger partial charge in [-0.15, -0.1) is 0 Å². The lowest BCUT2D eigenvalue weighted by atomic mass is 9.96. The Balaban J connectivity index is 1.97. The first kappa shape index (κ1) is 21.6. The molecule has 0 fully saturated rings. The number of hydrogen-bond donors (Lipinski definition) is 0. The Bertz CT molecular complexity index is 752. The fraction of sp³-hybridized carbons (Fsp3) is 0.571.